The molecule has 0 N–H and O–H groups in total. The molecule has 0 atom stereocenters. The second-order valence-electron chi connectivity index (χ2n) is 4.20. The fourth-order valence-corrected chi connectivity index (χ4v) is 1.92. The third kappa shape index (κ3) is 1.82. The van der Waals surface area contributed by atoms with E-state index in [9.17, 15) is 4.79 Å². The summed E-state index contributed by atoms with van der Waals surface area (Å²) in [5, 5.41) is 0.945. The van der Waals surface area contributed by atoms with Gasteiger partial charge in [-0.3, -0.25) is 4.79 Å². The van der Waals surface area contributed by atoms with E-state index in [4.69, 9.17) is 4.42 Å². The molecule has 0 spiro atoms. The number of fused-ring (bicyclic) bond motifs is 1. The minimum absolute atomic E-state index is 0.0551. The third-order valence-corrected chi connectivity index (χ3v) is 2.94. The number of Topliss-reactive ketones (excluding diaryl/α,β-unsaturated/α-hetero) is 1. The molecule has 0 bridgehead atoms. The molecule has 0 aliphatic rings. The van der Waals surface area contributed by atoms with Crippen LogP contribution in [0, 0.1) is 0 Å². The third-order valence-electron chi connectivity index (χ3n) is 2.94. The maximum Gasteiger partial charge on any atom is 0.205 e. The minimum atomic E-state index is -0.0551. The van der Waals surface area contributed by atoms with Gasteiger partial charge >= 0.3 is 0 Å². The highest BCUT2D eigenvalue weighted by molar-refractivity contribution is 5.98. The van der Waals surface area contributed by atoms with E-state index in [1.165, 1.54) is 0 Å². The smallest absolute Gasteiger partial charge is 0.205 e. The second-order valence-corrected chi connectivity index (χ2v) is 4.20. The van der Waals surface area contributed by atoms with Crippen molar-refractivity contribution in [3.8, 4) is 0 Å². The van der Waals surface area contributed by atoms with Crippen molar-refractivity contribution in [3.63, 3.8) is 0 Å². The van der Waals surface area contributed by atoms with Crippen molar-refractivity contribution in [2.75, 3.05) is 0 Å². The standard InChI is InChI=1S/C14H12N2O2/c1-16-7-6-15-14(16)9-11(17)13-8-10-4-2-3-5-12(10)18-13/h2-8H,9H2,1H3. The molecule has 3 aromatic rings. The normalized spacial score (nSPS) is 10.9. The van der Waals surface area contributed by atoms with Crippen LogP contribution in [-0.4, -0.2) is 15.3 Å². The number of aromatic nitrogens is 2. The maximum atomic E-state index is 12.1. The van der Waals surface area contributed by atoms with Crippen molar-refractivity contribution in [1.29, 1.82) is 0 Å². The molecule has 4 nitrogen and oxygen atoms in total. The van der Waals surface area contributed by atoms with Crippen LogP contribution in [0.5, 0.6) is 0 Å². The van der Waals surface area contributed by atoms with Crippen LogP contribution in [0.3, 0.4) is 0 Å². The molecule has 0 saturated carbocycles. The number of aryl methyl sites for hydroxylation is 1. The number of para-hydroxylation sites is 1. The number of benzene rings is 1. The van der Waals surface area contributed by atoms with Crippen molar-refractivity contribution in [1.82, 2.24) is 9.55 Å². The van der Waals surface area contributed by atoms with Gasteiger partial charge in [0.2, 0.25) is 5.78 Å². The Bertz CT molecular complexity index is 676. The lowest BCUT2D eigenvalue weighted by molar-refractivity contribution is 0.0965. The van der Waals surface area contributed by atoms with Crippen molar-refractivity contribution >= 4 is 16.8 Å². The molecule has 4 heteroatoms. The van der Waals surface area contributed by atoms with Gasteiger partial charge in [0, 0.05) is 24.8 Å². The highest BCUT2D eigenvalue weighted by Crippen LogP contribution is 2.19. The first kappa shape index (κ1) is 10.8. The molecule has 2 aromatic heterocycles. The second kappa shape index (κ2) is 4.14. The number of hydrogen-bond acceptors (Lipinski definition) is 3. The van der Waals surface area contributed by atoms with Gasteiger partial charge in [-0.2, -0.15) is 0 Å². The molecule has 0 amide bonds. The summed E-state index contributed by atoms with van der Waals surface area (Å²) in [6, 6.07) is 9.37. The lowest BCUT2D eigenvalue weighted by Gasteiger charge is -1.98. The Balaban J connectivity index is 1.90. The predicted molar refractivity (Wildman–Crippen MR) is 67.5 cm³/mol. The van der Waals surface area contributed by atoms with E-state index in [1.54, 1.807) is 12.3 Å². The summed E-state index contributed by atoms with van der Waals surface area (Å²) >= 11 is 0. The Kier molecular flexibility index (Phi) is 2.48. The fraction of sp³-hybridized carbons (Fsp3) is 0.143. The molecule has 0 aliphatic carbocycles. The minimum Gasteiger partial charge on any atom is -0.453 e. The summed E-state index contributed by atoms with van der Waals surface area (Å²) in [4.78, 5) is 16.2. The summed E-state index contributed by atoms with van der Waals surface area (Å²) in [5.74, 6) is 1.07. The molecular formula is C14H12N2O2. The molecule has 3 rings (SSSR count). The molecule has 0 unspecified atom stereocenters. The number of nitrogens with zero attached hydrogens (tertiary/aromatic N) is 2. The first-order valence-corrected chi connectivity index (χ1v) is 5.72. The van der Waals surface area contributed by atoms with Crippen LogP contribution >= 0.6 is 0 Å². The topological polar surface area (TPSA) is 48.0 Å². The quantitative estimate of drug-likeness (QED) is 0.661. The zero-order valence-corrected chi connectivity index (χ0v) is 9.96. The Morgan fingerprint density at radius 1 is 1.39 bits per heavy atom. The number of carbonyl (C=O) groups excluding carboxylic acids is 1. The van der Waals surface area contributed by atoms with Gasteiger partial charge in [-0.15, -0.1) is 0 Å². The summed E-state index contributed by atoms with van der Waals surface area (Å²) in [5.41, 5.74) is 0.737. The molecule has 1 aromatic carbocycles. The average molecular weight is 240 g/mol. The van der Waals surface area contributed by atoms with Crippen molar-refractivity contribution < 1.29 is 9.21 Å². The van der Waals surface area contributed by atoms with Gasteiger partial charge in [0.15, 0.2) is 5.76 Å². The molecule has 2 heterocycles. The Morgan fingerprint density at radius 3 is 2.94 bits per heavy atom. The van der Waals surface area contributed by atoms with Gasteiger partial charge in [-0.1, -0.05) is 18.2 Å². The van der Waals surface area contributed by atoms with Gasteiger partial charge in [0.25, 0.3) is 0 Å². The lowest BCUT2D eigenvalue weighted by Crippen LogP contribution is -2.07. The van der Waals surface area contributed by atoms with Crippen LogP contribution < -0.4 is 0 Å². The van der Waals surface area contributed by atoms with Crippen LogP contribution in [0.2, 0.25) is 0 Å². The Morgan fingerprint density at radius 2 is 2.22 bits per heavy atom. The first-order valence-electron chi connectivity index (χ1n) is 5.72. The van der Waals surface area contributed by atoms with Crippen LogP contribution in [-0.2, 0) is 13.5 Å². The lowest BCUT2D eigenvalue weighted by atomic mass is 10.2. The Labute approximate surface area is 104 Å². The van der Waals surface area contributed by atoms with E-state index in [2.05, 4.69) is 4.98 Å². The molecule has 0 saturated heterocycles. The number of ketones is 1. The maximum absolute atomic E-state index is 12.1. The molecule has 0 radical (unpaired) electrons. The van der Waals surface area contributed by atoms with Gasteiger partial charge < -0.3 is 8.98 Å². The van der Waals surface area contributed by atoms with Gasteiger partial charge in [0.05, 0.1) is 6.42 Å². The van der Waals surface area contributed by atoms with E-state index in [1.807, 2.05) is 42.1 Å². The van der Waals surface area contributed by atoms with Gasteiger partial charge in [-0.05, 0) is 12.1 Å². The van der Waals surface area contributed by atoms with Gasteiger partial charge in [-0.25, -0.2) is 4.98 Å². The van der Waals surface area contributed by atoms with Crippen LogP contribution in [0.15, 0.2) is 47.1 Å². The fourth-order valence-electron chi connectivity index (χ4n) is 1.92. The Hall–Kier alpha value is -2.36. The van der Waals surface area contributed by atoms with Crippen molar-refractivity contribution in [2.45, 2.75) is 6.42 Å². The summed E-state index contributed by atoms with van der Waals surface area (Å²) in [6.45, 7) is 0. The van der Waals surface area contributed by atoms with E-state index in [0.717, 1.165) is 16.8 Å². The zero-order valence-electron chi connectivity index (χ0n) is 9.96. The summed E-state index contributed by atoms with van der Waals surface area (Å²) in [6.07, 6.45) is 3.76. The largest absolute Gasteiger partial charge is 0.453 e. The molecule has 0 aliphatic heterocycles. The zero-order chi connectivity index (χ0) is 12.5. The van der Waals surface area contributed by atoms with Crippen LogP contribution in [0.1, 0.15) is 16.4 Å². The molecule has 18 heavy (non-hydrogen) atoms. The number of imidazole rings is 1. The summed E-state index contributed by atoms with van der Waals surface area (Å²) in [7, 11) is 1.87. The van der Waals surface area contributed by atoms with E-state index in [0.29, 0.717) is 5.76 Å². The number of hydrogen-bond donors (Lipinski definition) is 0. The number of rotatable bonds is 3. The molecule has 90 valence electrons. The highest BCUT2D eigenvalue weighted by Gasteiger charge is 2.14. The van der Waals surface area contributed by atoms with E-state index >= 15 is 0 Å². The highest BCUT2D eigenvalue weighted by atomic mass is 16.3. The van der Waals surface area contributed by atoms with Crippen LogP contribution in [0.25, 0.3) is 11.0 Å². The monoisotopic (exact) mass is 240 g/mol. The van der Waals surface area contributed by atoms with Crippen molar-refractivity contribution in [2.24, 2.45) is 7.05 Å². The van der Waals surface area contributed by atoms with Crippen molar-refractivity contribution in [3.05, 3.63) is 54.3 Å². The molecular weight excluding hydrogens is 228 g/mol. The number of furan rings is 1. The predicted octanol–water partition coefficient (Wildman–Crippen LogP) is 2.59. The molecule has 0 fully saturated rings. The van der Waals surface area contributed by atoms with Gasteiger partial charge in [0.1, 0.15) is 11.4 Å². The number of carbonyl (C=O) groups is 1. The first-order chi connectivity index (χ1) is 8.74. The SMILES string of the molecule is Cn1ccnc1CC(=O)c1cc2ccccc2o1. The van der Waals surface area contributed by atoms with E-state index in [-0.39, 0.29) is 12.2 Å². The van der Waals surface area contributed by atoms with E-state index < -0.39 is 0 Å². The van der Waals surface area contributed by atoms with Crippen LogP contribution in [0.4, 0.5) is 0 Å². The average Bonchev–Trinajstić information content (AvgIpc) is 2.96. The summed E-state index contributed by atoms with van der Waals surface area (Å²) < 4.78 is 7.37.